The number of unbranched alkanes of at least 4 members (excludes halogenated alkanes) is 2. The molecule has 0 bridgehead atoms. The SMILES string of the molecule is CCCCCN(C)C(=O)Nc1ccc(C(=O)O)cc1O. The number of phenols is 1. The van der Waals surface area contributed by atoms with Gasteiger partial charge in [0.1, 0.15) is 5.75 Å². The van der Waals surface area contributed by atoms with Gasteiger partial charge in [0.2, 0.25) is 0 Å². The van der Waals surface area contributed by atoms with Crippen LogP contribution in [0.2, 0.25) is 0 Å². The Bertz CT molecular complexity index is 488. The summed E-state index contributed by atoms with van der Waals surface area (Å²) in [4.78, 5) is 24.1. The average molecular weight is 280 g/mol. The molecule has 0 fully saturated rings. The number of carbonyl (C=O) groups is 2. The quantitative estimate of drug-likeness (QED) is 0.552. The van der Waals surface area contributed by atoms with Crippen LogP contribution >= 0.6 is 0 Å². The molecule has 0 unspecified atom stereocenters. The van der Waals surface area contributed by atoms with Gasteiger partial charge < -0.3 is 20.4 Å². The molecule has 0 saturated heterocycles. The third kappa shape index (κ3) is 4.46. The molecule has 0 spiro atoms. The van der Waals surface area contributed by atoms with Crippen molar-refractivity contribution in [1.29, 1.82) is 0 Å². The molecular weight excluding hydrogens is 260 g/mol. The van der Waals surface area contributed by atoms with E-state index in [1.165, 1.54) is 17.0 Å². The van der Waals surface area contributed by atoms with Crippen molar-refractivity contribution in [1.82, 2.24) is 4.90 Å². The molecule has 6 nitrogen and oxygen atoms in total. The summed E-state index contributed by atoms with van der Waals surface area (Å²) >= 11 is 0. The van der Waals surface area contributed by atoms with Crippen LogP contribution in [-0.4, -0.2) is 40.7 Å². The number of amides is 2. The molecule has 20 heavy (non-hydrogen) atoms. The number of hydrogen-bond donors (Lipinski definition) is 3. The predicted molar refractivity (Wildman–Crippen MR) is 76.2 cm³/mol. The maximum absolute atomic E-state index is 11.9. The first-order valence-corrected chi connectivity index (χ1v) is 6.54. The predicted octanol–water partition coefficient (Wildman–Crippen LogP) is 2.74. The summed E-state index contributed by atoms with van der Waals surface area (Å²) in [5.74, 6) is -1.39. The molecular formula is C14H20N2O4. The number of carboxylic acid groups (broad SMARTS) is 1. The number of phenolic OH excluding ortho intramolecular Hbond substituents is 1. The van der Waals surface area contributed by atoms with E-state index in [0.29, 0.717) is 6.54 Å². The van der Waals surface area contributed by atoms with E-state index in [4.69, 9.17) is 5.11 Å². The second-order valence-electron chi connectivity index (χ2n) is 4.60. The zero-order valence-electron chi connectivity index (χ0n) is 11.7. The molecule has 0 atom stereocenters. The normalized spacial score (nSPS) is 10.1. The molecule has 0 aliphatic heterocycles. The summed E-state index contributed by atoms with van der Waals surface area (Å²) in [7, 11) is 1.67. The lowest BCUT2D eigenvalue weighted by Crippen LogP contribution is -2.32. The molecule has 0 saturated carbocycles. The van der Waals surface area contributed by atoms with E-state index < -0.39 is 5.97 Å². The van der Waals surface area contributed by atoms with E-state index >= 15 is 0 Å². The number of nitrogens with one attached hydrogen (secondary N) is 1. The molecule has 110 valence electrons. The van der Waals surface area contributed by atoms with E-state index in [0.717, 1.165) is 25.3 Å². The highest BCUT2D eigenvalue weighted by atomic mass is 16.4. The monoisotopic (exact) mass is 280 g/mol. The van der Waals surface area contributed by atoms with Gasteiger partial charge >= 0.3 is 12.0 Å². The van der Waals surface area contributed by atoms with Crippen molar-refractivity contribution in [2.45, 2.75) is 26.2 Å². The zero-order chi connectivity index (χ0) is 15.1. The molecule has 0 aliphatic carbocycles. The Morgan fingerprint density at radius 2 is 2.00 bits per heavy atom. The number of rotatable bonds is 6. The Balaban J connectivity index is 2.64. The molecule has 3 N–H and O–H groups in total. The summed E-state index contributed by atoms with van der Waals surface area (Å²) in [5.41, 5.74) is 0.166. The lowest BCUT2D eigenvalue weighted by molar-refractivity contribution is 0.0696. The minimum Gasteiger partial charge on any atom is -0.506 e. The minimum absolute atomic E-state index is 0.0307. The third-order valence-electron chi connectivity index (χ3n) is 2.93. The minimum atomic E-state index is -1.13. The Labute approximate surface area is 118 Å². The lowest BCUT2D eigenvalue weighted by Gasteiger charge is -2.18. The van der Waals surface area contributed by atoms with Gasteiger partial charge in [0.05, 0.1) is 11.3 Å². The van der Waals surface area contributed by atoms with Crippen molar-refractivity contribution in [2.75, 3.05) is 18.9 Å². The van der Waals surface area contributed by atoms with E-state index in [-0.39, 0.29) is 23.0 Å². The van der Waals surface area contributed by atoms with Crippen LogP contribution < -0.4 is 5.32 Å². The van der Waals surface area contributed by atoms with Gasteiger partial charge in [-0.3, -0.25) is 0 Å². The number of nitrogens with zero attached hydrogens (tertiary/aromatic N) is 1. The van der Waals surface area contributed by atoms with Crippen LogP contribution in [0.3, 0.4) is 0 Å². The number of aromatic carboxylic acids is 1. The molecule has 1 rings (SSSR count). The van der Waals surface area contributed by atoms with Crippen molar-refractivity contribution >= 4 is 17.7 Å². The maximum Gasteiger partial charge on any atom is 0.335 e. The summed E-state index contributed by atoms with van der Waals surface area (Å²) < 4.78 is 0. The standard InChI is InChI=1S/C14H20N2O4/c1-3-4-5-8-16(2)14(20)15-11-7-6-10(13(18)19)9-12(11)17/h6-7,9,17H,3-5,8H2,1-2H3,(H,15,20)(H,18,19). The first-order valence-electron chi connectivity index (χ1n) is 6.54. The van der Waals surface area contributed by atoms with Crippen LogP contribution in [0, 0.1) is 0 Å². The Hall–Kier alpha value is -2.24. The van der Waals surface area contributed by atoms with Crippen LogP contribution in [0.4, 0.5) is 10.5 Å². The Kier molecular flexibility index (Phi) is 5.83. The van der Waals surface area contributed by atoms with Gasteiger partial charge in [-0.2, -0.15) is 0 Å². The van der Waals surface area contributed by atoms with Crippen molar-refractivity contribution in [3.63, 3.8) is 0 Å². The summed E-state index contributed by atoms with van der Waals surface area (Å²) in [6, 6.07) is 3.47. The number of anilines is 1. The zero-order valence-corrected chi connectivity index (χ0v) is 11.7. The average Bonchev–Trinajstić information content (AvgIpc) is 2.40. The van der Waals surface area contributed by atoms with Crippen molar-refractivity contribution in [3.05, 3.63) is 23.8 Å². The van der Waals surface area contributed by atoms with Gasteiger partial charge in [-0.15, -0.1) is 0 Å². The highest BCUT2D eigenvalue weighted by Gasteiger charge is 2.12. The fourth-order valence-electron chi connectivity index (χ4n) is 1.68. The van der Waals surface area contributed by atoms with E-state index in [2.05, 4.69) is 12.2 Å². The fourth-order valence-corrected chi connectivity index (χ4v) is 1.68. The van der Waals surface area contributed by atoms with Gasteiger partial charge in [0.25, 0.3) is 0 Å². The van der Waals surface area contributed by atoms with Gasteiger partial charge in [-0.1, -0.05) is 19.8 Å². The molecule has 0 aromatic heterocycles. The van der Waals surface area contributed by atoms with Crippen molar-refractivity contribution in [2.24, 2.45) is 0 Å². The molecule has 0 aliphatic rings. The second kappa shape index (κ2) is 7.37. The molecule has 1 aromatic carbocycles. The van der Waals surface area contributed by atoms with Crippen LogP contribution in [0.25, 0.3) is 0 Å². The van der Waals surface area contributed by atoms with Gasteiger partial charge in [0, 0.05) is 13.6 Å². The van der Waals surface area contributed by atoms with Crippen molar-refractivity contribution < 1.29 is 19.8 Å². The third-order valence-corrected chi connectivity index (χ3v) is 2.93. The number of benzene rings is 1. The number of hydrogen-bond acceptors (Lipinski definition) is 3. The fraction of sp³-hybridized carbons (Fsp3) is 0.429. The number of carbonyl (C=O) groups excluding carboxylic acids is 1. The molecule has 0 radical (unpaired) electrons. The Morgan fingerprint density at radius 1 is 1.30 bits per heavy atom. The molecule has 0 heterocycles. The van der Waals surface area contributed by atoms with Crippen LogP contribution in [-0.2, 0) is 0 Å². The van der Waals surface area contributed by atoms with Crippen LogP contribution in [0.1, 0.15) is 36.5 Å². The van der Waals surface area contributed by atoms with Gasteiger partial charge in [0.15, 0.2) is 0 Å². The summed E-state index contributed by atoms with van der Waals surface area (Å²) in [6.45, 7) is 2.72. The van der Waals surface area contributed by atoms with Crippen molar-refractivity contribution in [3.8, 4) is 5.75 Å². The smallest absolute Gasteiger partial charge is 0.335 e. The highest BCUT2D eigenvalue weighted by molar-refractivity contribution is 5.93. The number of urea groups is 1. The van der Waals surface area contributed by atoms with E-state index in [1.807, 2.05) is 0 Å². The van der Waals surface area contributed by atoms with E-state index in [9.17, 15) is 14.7 Å². The largest absolute Gasteiger partial charge is 0.506 e. The molecule has 6 heteroatoms. The molecule has 1 aromatic rings. The van der Waals surface area contributed by atoms with E-state index in [1.54, 1.807) is 7.05 Å². The summed E-state index contributed by atoms with van der Waals surface area (Å²) in [5, 5.41) is 21.0. The first-order chi connectivity index (χ1) is 9.45. The lowest BCUT2D eigenvalue weighted by atomic mass is 10.2. The van der Waals surface area contributed by atoms with Gasteiger partial charge in [-0.25, -0.2) is 9.59 Å². The van der Waals surface area contributed by atoms with Crippen LogP contribution in [0.15, 0.2) is 18.2 Å². The first kappa shape index (κ1) is 15.8. The summed E-state index contributed by atoms with van der Waals surface area (Å²) in [6.07, 6.45) is 3.05. The highest BCUT2D eigenvalue weighted by Crippen LogP contribution is 2.24. The molecule has 2 amide bonds. The van der Waals surface area contributed by atoms with Crippen LogP contribution in [0.5, 0.6) is 5.75 Å². The second-order valence-corrected chi connectivity index (χ2v) is 4.60. The maximum atomic E-state index is 11.9. The topological polar surface area (TPSA) is 89.9 Å². The van der Waals surface area contributed by atoms with Gasteiger partial charge in [-0.05, 0) is 24.6 Å². The number of aromatic hydroxyl groups is 1. The number of carboxylic acids is 1. The Morgan fingerprint density at radius 3 is 2.55 bits per heavy atom.